The van der Waals surface area contributed by atoms with Gasteiger partial charge in [0.1, 0.15) is 0 Å². The molecular formula is C18H24N2O2. The molecule has 0 bridgehead atoms. The van der Waals surface area contributed by atoms with E-state index >= 15 is 0 Å². The van der Waals surface area contributed by atoms with Crippen molar-refractivity contribution in [2.24, 2.45) is 5.92 Å². The van der Waals surface area contributed by atoms with Crippen molar-refractivity contribution < 1.29 is 9.59 Å². The number of nitrogens with zero attached hydrogens (tertiary/aromatic N) is 2. The number of amides is 2. The van der Waals surface area contributed by atoms with E-state index in [1.165, 1.54) is 18.4 Å². The minimum atomic E-state index is -0.174. The van der Waals surface area contributed by atoms with Gasteiger partial charge in [-0.05, 0) is 31.9 Å². The third-order valence-electron chi connectivity index (χ3n) is 4.74. The Balaban J connectivity index is 1.68. The molecule has 4 nitrogen and oxygen atoms in total. The van der Waals surface area contributed by atoms with Gasteiger partial charge in [0, 0.05) is 31.7 Å². The fourth-order valence-corrected chi connectivity index (χ4v) is 3.40. The van der Waals surface area contributed by atoms with Crippen molar-refractivity contribution in [3.05, 3.63) is 29.8 Å². The lowest BCUT2D eigenvalue weighted by Gasteiger charge is -2.24. The average molecular weight is 300 g/mol. The molecule has 0 N–H and O–H groups in total. The van der Waals surface area contributed by atoms with Gasteiger partial charge in [0.2, 0.25) is 11.8 Å². The van der Waals surface area contributed by atoms with Crippen LogP contribution in [0.5, 0.6) is 0 Å². The molecule has 2 saturated heterocycles. The third kappa shape index (κ3) is 3.16. The van der Waals surface area contributed by atoms with Crippen molar-refractivity contribution in [3.63, 3.8) is 0 Å². The van der Waals surface area contributed by atoms with Crippen LogP contribution in [0, 0.1) is 12.8 Å². The lowest BCUT2D eigenvalue weighted by molar-refractivity contribution is -0.135. The molecule has 2 aliphatic rings. The topological polar surface area (TPSA) is 40.6 Å². The molecule has 22 heavy (non-hydrogen) atoms. The molecule has 1 aromatic carbocycles. The summed E-state index contributed by atoms with van der Waals surface area (Å²) >= 11 is 0. The zero-order valence-corrected chi connectivity index (χ0v) is 13.3. The first-order chi connectivity index (χ1) is 10.6. The lowest BCUT2D eigenvalue weighted by Crippen LogP contribution is -2.38. The molecule has 0 aromatic heterocycles. The molecule has 2 fully saturated rings. The van der Waals surface area contributed by atoms with E-state index in [4.69, 9.17) is 0 Å². The van der Waals surface area contributed by atoms with E-state index in [2.05, 4.69) is 0 Å². The van der Waals surface area contributed by atoms with Gasteiger partial charge in [-0.15, -0.1) is 0 Å². The SMILES string of the molecule is Cc1ccc(N2C[C@@H](C(=O)N3CCCCCC3)CC2=O)cc1. The maximum atomic E-state index is 12.7. The van der Waals surface area contributed by atoms with Crippen LogP contribution in [0.3, 0.4) is 0 Å². The summed E-state index contributed by atoms with van der Waals surface area (Å²) in [6, 6.07) is 7.94. The van der Waals surface area contributed by atoms with Crippen molar-refractivity contribution in [1.29, 1.82) is 0 Å². The Kier molecular flexibility index (Phi) is 4.46. The normalized spacial score (nSPS) is 22.8. The van der Waals surface area contributed by atoms with Crippen LogP contribution in [-0.2, 0) is 9.59 Å². The standard InChI is InChI=1S/C18H24N2O2/c1-14-6-8-16(9-7-14)20-13-15(12-17(20)21)18(22)19-10-4-2-3-5-11-19/h6-9,15H,2-5,10-13H2,1H3/t15-/m0/s1. The molecule has 4 heteroatoms. The van der Waals surface area contributed by atoms with Crippen LogP contribution in [0.2, 0.25) is 0 Å². The lowest BCUT2D eigenvalue weighted by atomic mass is 10.1. The van der Waals surface area contributed by atoms with Crippen molar-refractivity contribution in [2.45, 2.75) is 39.0 Å². The predicted octanol–water partition coefficient (Wildman–Crippen LogP) is 2.75. The van der Waals surface area contributed by atoms with Gasteiger partial charge < -0.3 is 9.80 Å². The molecule has 2 amide bonds. The number of benzene rings is 1. The number of carbonyl (C=O) groups excluding carboxylic acids is 2. The number of carbonyl (C=O) groups is 2. The van der Waals surface area contributed by atoms with Gasteiger partial charge in [-0.2, -0.15) is 0 Å². The Morgan fingerprint density at radius 2 is 1.68 bits per heavy atom. The molecule has 3 rings (SSSR count). The number of rotatable bonds is 2. The molecule has 2 heterocycles. The van der Waals surface area contributed by atoms with Crippen LogP contribution in [0.4, 0.5) is 5.69 Å². The summed E-state index contributed by atoms with van der Waals surface area (Å²) in [6.07, 6.45) is 4.96. The van der Waals surface area contributed by atoms with E-state index < -0.39 is 0 Å². The van der Waals surface area contributed by atoms with Gasteiger partial charge in [0.25, 0.3) is 0 Å². The first-order valence-electron chi connectivity index (χ1n) is 8.31. The average Bonchev–Trinajstić information content (AvgIpc) is 2.74. The molecular weight excluding hydrogens is 276 g/mol. The van der Waals surface area contributed by atoms with Gasteiger partial charge in [-0.3, -0.25) is 9.59 Å². The van der Waals surface area contributed by atoms with Crippen LogP contribution in [0.1, 0.15) is 37.7 Å². The number of anilines is 1. The molecule has 118 valence electrons. The molecule has 2 aliphatic heterocycles. The third-order valence-corrected chi connectivity index (χ3v) is 4.74. The van der Waals surface area contributed by atoms with Gasteiger partial charge in [-0.25, -0.2) is 0 Å². The molecule has 0 saturated carbocycles. The zero-order valence-electron chi connectivity index (χ0n) is 13.3. The van der Waals surface area contributed by atoms with Gasteiger partial charge in [-0.1, -0.05) is 30.5 Å². The molecule has 0 spiro atoms. The van der Waals surface area contributed by atoms with E-state index in [1.54, 1.807) is 4.90 Å². The summed E-state index contributed by atoms with van der Waals surface area (Å²) in [5.74, 6) is 0.0637. The molecule has 0 radical (unpaired) electrons. The van der Waals surface area contributed by atoms with Gasteiger partial charge in [0.15, 0.2) is 0 Å². The van der Waals surface area contributed by atoms with Crippen LogP contribution < -0.4 is 4.90 Å². The summed E-state index contributed by atoms with van der Waals surface area (Å²) in [4.78, 5) is 28.7. The fourth-order valence-electron chi connectivity index (χ4n) is 3.40. The number of aryl methyl sites for hydroxylation is 1. The fraction of sp³-hybridized carbons (Fsp3) is 0.556. The Labute approximate surface area is 132 Å². The first-order valence-corrected chi connectivity index (χ1v) is 8.31. The summed E-state index contributed by atoms with van der Waals surface area (Å²) < 4.78 is 0. The number of hydrogen-bond acceptors (Lipinski definition) is 2. The van der Waals surface area contributed by atoms with E-state index in [-0.39, 0.29) is 17.7 Å². The summed E-state index contributed by atoms with van der Waals surface area (Å²) in [5.41, 5.74) is 2.08. The first kappa shape index (κ1) is 15.1. The molecule has 1 aromatic rings. The van der Waals surface area contributed by atoms with Crippen molar-refractivity contribution in [2.75, 3.05) is 24.5 Å². The Hall–Kier alpha value is -1.84. The summed E-state index contributed by atoms with van der Waals surface area (Å²) in [6.45, 7) is 4.26. The highest BCUT2D eigenvalue weighted by molar-refractivity contribution is 6.00. The highest BCUT2D eigenvalue weighted by Crippen LogP contribution is 2.27. The van der Waals surface area contributed by atoms with Crippen LogP contribution in [0.25, 0.3) is 0 Å². The molecule has 0 unspecified atom stereocenters. The van der Waals surface area contributed by atoms with Crippen LogP contribution >= 0.6 is 0 Å². The van der Waals surface area contributed by atoms with Gasteiger partial charge >= 0.3 is 0 Å². The zero-order chi connectivity index (χ0) is 15.5. The highest BCUT2D eigenvalue weighted by Gasteiger charge is 2.37. The van der Waals surface area contributed by atoms with Crippen molar-refractivity contribution in [1.82, 2.24) is 4.90 Å². The van der Waals surface area contributed by atoms with E-state index in [0.29, 0.717) is 13.0 Å². The Morgan fingerprint density at radius 3 is 2.32 bits per heavy atom. The van der Waals surface area contributed by atoms with Gasteiger partial charge in [0.05, 0.1) is 5.92 Å². The summed E-state index contributed by atoms with van der Waals surface area (Å²) in [7, 11) is 0. The number of likely N-dealkylation sites (tertiary alicyclic amines) is 1. The van der Waals surface area contributed by atoms with Crippen LogP contribution in [-0.4, -0.2) is 36.3 Å². The minimum absolute atomic E-state index is 0.0667. The second kappa shape index (κ2) is 6.51. The van der Waals surface area contributed by atoms with E-state index in [1.807, 2.05) is 36.1 Å². The maximum Gasteiger partial charge on any atom is 0.228 e. The molecule has 1 atom stereocenters. The predicted molar refractivity (Wildman–Crippen MR) is 86.7 cm³/mol. The second-order valence-corrected chi connectivity index (χ2v) is 6.48. The molecule has 0 aliphatic carbocycles. The van der Waals surface area contributed by atoms with Crippen molar-refractivity contribution >= 4 is 17.5 Å². The Morgan fingerprint density at radius 1 is 1.05 bits per heavy atom. The second-order valence-electron chi connectivity index (χ2n) is 6.48. The number of hydrogen-bond donors (Lipinski definition) is 0. The monoisotopic (exact) mass is 300 g/mol. The maximum absolute atomic E-state index is 12.7. The largest absolute Gasteiger partial charge is 0.342 e. The quantitative estimate of drug-likeness (QED) is 0.842. The smallest absolute Gasteiger partial charge is 0.228 e. The minimum Gasteiger partial charge on any atom is -0.342 e. The Bertz CT molecular complexity index is 545. The highest BCUT2D eigenvalue weighted by atomic mass is 16.2. The van der Waals surface area contributed by atoms with E-state index in [9.17, 15) is 9.59 Å². The van der Waals surface area contributed by atoms with Crippen molar-refractivity contribution in [3.8, 4) is 0 Å². The van der Waals surface area contributed by atoms with Crippen LogP contribution in [0.15, 0.2) is 24.3 Å². The van der Waals surface area contributed by atoms with E-state index in [0.717, 1.165) is 31.6 Å². The summed E-state index contributed by atoms with van der Waals surface area (Å²) in [5, 5.41) is 0.